The number of halogens is 3. The summed E-state index contributed by atoms with van der Waals surface area (Å²) in [7, 11) is 0. The summed E-state index contributed by atoms with van der Waals surface area (Å²) in [6.45, 7) is 0. The number of amides is 1. The molecule has 2 aromatic carbocycles. The Hall–Kier alpha value is -3.35. The Morgan fingerprint density at radius 1 is 0.926 bits per heavy atom. The van der Waals surface area contributed by atoms with Gasteiger partial charge in [-0.2, -0.15) is 13.2 Å². The third-order valence-corrected chi connectivity index (χ3v) is 4.02. The zero-order chi connectivity index (χ0) is 19.4. The summed E-state index contributed by atoms with van der Waals surface area (Å²) >= 11 is 0. The van der Waals surface area contributed by atoms with Gasteiger partial charge in [0.25, 0.3) is 5.56 Å². The molecule has 0 radical (unpaired) electrons. The maximum atomic E-state index is 12.9. The Balaban J connectivity index is 1.98. The summed E-state index contributed by atoms with van der Waals surface area (Å²) in [5.74, 6) is -1.38. The first-order valence-corrected chi connectivity index (χ1v) is 8.07. The van der Waals surface area contributed by atoms with E-state index in [1.165, 1.54) is 0 Å². The standard InChI is InChI=1S/C20H15F3N2O2/c21-20(22,23)15-11-16(18(26)24-12-15)25-19(27)17(13-7-3-1-4-8-13)14-9-5-2-6-10-14/h1-12,17H,(H,24,26)(H,25,27). The predicted molar refractivity (Wildman–Crippen MR) is 95.4 cm³/mol. The van der Waals surface area contributed by atoms with Gasteiger partial charge in [0.05, 0.1) is 11.5 Å². The number of benzene rings is 2. The molecule has 27 heavy (non-hydrogen) atoms. The lowest BCUT2D eigenvalue weighted by Gasteiger charge is -2.18. The van der Waals surface area contributed by atoms with Crippen molar-refractivity contribution in [3.63, 3.8) is 0 Å². The van der Waals surface area contributed by atoms with E-state index in [0.717, 1.165) is 0 Å². The second-order valence-corrected chi connectivity index (χ2v) is 5.87. The fraction of sp³-hybridized carbons (Fsp3) is 0.100. The first-order valence-electron chi connectivity index (χ1n) is 8.07. The van der Waals surface area contributed by atoms with Gasteiger partial charge in [-0.1, -0.05) is 60.7 Å². The lowest BCUT2D eigenvalue weighted by Crippen LogP contribution is -2.26. The number of aromatic nitrogens is 1. The minimum Gasteiger partial charge on any atom is -0.327 e. The normalized spacial score (nSPS) is 11.4. The van der Waals surface area contributed by atoms with Gasteiger partial charge in [0.15, 0.2) is 0 Å². The van der Waals surface area contributed by atoms with Gasteiger partial charge in [0.2, 0.25) is 5.91 Å². The van der Waals surface area contributed by atoms with Crippen LogP contribution in [0.15, 0.2) is 77.7 Å². The fourth-order valence-corrected chi connectivity index (χ4v) is 2.73. The highest BCUT2D eigenvalue weighted by Gasteiger charge is 2.32. The number of alkyl halides is 3. The third kappa shape index (κ3) is 4.25. The van der Waals surface area contributed by atoms with Crippen LogP contribution in [0.1, 0.15) is 22.6 Å². The van der Waals surface area contributed by atoms with E-state index < -0.39 is 34.8 Å². The minimum absolute atomic E-state index is 0.452. The molecule has 0 saturated carbocycles. The molecule has 2 N–H and O–H groups in total. The smallest absolute Gasteiger partial charge is 0.327 e. The van der Waals surface area contributed by atoms with Crippen molar-refractivity contribution in [1.82, 2.24) is 4.98 Å². The lowest BCUT2D eigenvalue weighted by atomic mass is 9.90. The predicted octanol–water partition coefficient (Wildman–Crippen LogP) is 4.16. The second kappa shape index (κ2) is 7.49. The second-order valence-electron chi connectivity index (χ2n) is 5.87. The van der Waals surface area contributed by atoms with E-state index in [1.54, 1.807) is 60.7 Å². The summed E-state index contributed by atoms with van der Waals surface area (Å²) in [6.07, 6.45) is -4.06. The van der Waals surface area contributed by atoms with E-state index in [1.807, 2.05) is 4.98 Å². The van der Waals surface area contributed by atoms with Crippen molar-refractivity contribution in [3.8, 4) is 0 Å². The highest BCUT2D eigenvalue weighted by atomic mass is 19.4. The maximum absolute atomic E-state index is 12.9. The molecule has 0 aliphatic heterocycles. The first kappa shape index (κ1) is 18.4. The molecule has 7 heteroatoms. The molecule has 0 aliphatic carbocycles. The van der Waals surface area contributed by atoms with Crippen LogP contribution in [0.5, 0.6) is 0 Å². The van der Waals surface area contributed by atoms with E-state index in [0.29, 0.717) is 23.4 Å². The highest BCUT2D eigenvalue weighted by Crippen LogP contribution is 2.30. The molecule has 0 aliphatic rings. The van der Waals surface area contributed by atoms with Crippen molar-refractivity contribution in [1.29, 1.82) is 0 Å². The van der Waals surface area contributed by atoms with Crippen molar-refractivity contribution >= 4 is 11.6 Å². The van der Waals surface area contributed by atoms with Crippen molar-refractivity contribution in [2.24, 2.45) is 0 Å². The van der Waals surface area contributed by atoms with Crippen molar-refractivity contribution in [3.05, 3.63) is 100.0 Å². The average Bonchev–Trinajstić information content (AvgIpc) is 2.64. The zero-order valence-electron chi connectivity index (χ0n) is 14.0. The van der Waals surface area contributed by atoms with Gasteiger partial charge in [-0.05, 0) is 17.2 Å². The zero-order valence-corrected chi connectivity index (χ0v) is 14.0. The van der Waals surface area contributed by atoms with Crippen LogP contribution < -0.4 is 10.9 Å². The Bertz CT molecular complexity index is 944. The van der Waals surface area contributed by atoms with Crippen LogP contribution in [0.2, 0.25) is 0 Å². The van der Waals surface area contributed by atoms with E-state index in [2.05, 4.69) is 5.32 Å². The Morgan fingerprint density at radius 2 is 1.44 bits per heavy atom. The fourth-order valence-electron chi connectivity index (χ4n) is 2.73. The number of H-pyrrole nitrogens is 1. The number of anilines is 1. The van der Waals surface area contributed by atoms with Gasteiger partial charge in [-0.15, -0.1) is 0 Å². The number of carbonyl (C=O) groups is 1. The number of rotatable bonds is 4. The van der Waals surface area contributed by atoms with Crippen LogP contribution >= 0.6 is 0 Å². The molecule has 4 nitrogen and oxygen atoms in total. The van der Waals surface area contributed by atoms with E-state index in [-0.39, 0.29) is 0 Å². The van der Waals surface area contributed by atoms with E-state index >= 15 is 0 Å². The van der Waals surface area contributed by atoms with Gasteiger partial charge >= 0.3 is 6.18 Å². The minimum atomic E-state index is -4.64. The van der Waals surface area contributed by atoms with Crippen LogP contribution in [0.4, 0.5) is 18.9 Å². The number of pyridine rings is 1. The van der Waals surface area contributed by atoms with Crippen LogP contribution in [-0.4, -0.2) is 10.9 Å². The molecule has 1 amide bonds. The van der Waals surface area contributed by atoms with Gasteiger partial charge in [0, 0.05) is 6.20 Å². The molecular formula is C20H15F3N2O2. The molecule has 0 atom stereocenters. The van der Waals surface area contributed by atoms with Crippen molar-refractivity contribution in [2.45, 2.75) is 12.1 Å². The summed E-state index contributed by atoms with van der Waals surface area (Å²) in [4.78, 5) is 26.8. The number of carbonyl (C=O) groups excluding carboxylic acids is 1. The van der Waals surface area contributed by atoms with Gasteiger partial charge in [0.1, 0.15) is 5.69 Å². The van der Waals surface area contributed by atoms with E-state index in [4.69, 9.17) is 0 Å². The summed E-state index contributed by atoms with van der Waals surface area (Å²) in [6, 6.07) is 18.2. The molecule has 138 valence electrons. The molecule has 0 spiro atoms. The molecule has 3 rings (SSSR count). The highest BCUT2D eigenvalue weighted by molar-refractivity contribution is 5.98. The SMILES string of the molecule is O=C(Nc1cc(C(F)(F)F)c[nH]c1=O)C(c1ccccc1)c1ccccc1. The largest absolute Gasteiger partial charge is 0.417 e. The Morgan fingerprint density at radius 3 is 1.93 bits per heavy atom. The van der Waals surface area contributed by atoms with Crippen LogP contribution in [0.25, 0.3) is 0 Å². The number of hydrogen-bond donors (Lipinski definition) is 2. The van der Waals surface area contributed by atoms with Gasteiger partial charge < -0.3 is 10.3 Å². The third-order valence-electron chi connectivity index (χ3n) is 4.02. The molecule has 0 fully saturated rings. The Labute approximate surface area is 152 Å². The molecule has 3 aromatic rings. The molecular weight excluding hydrogens is 357 g/mol. The Kier molecular flexibility index (Phi) is 5.12. The first-order chi connectivity index (χ1) is 12.9. The molecule has 1 aromatic heterocycles. The molecule has 0 bridgehead atoms. The van der Waals surface area contributed by atoms with Crippen LogP contribution in [0.3, 0.4) is 0 Å². The average molecular weight is 372 g/mol. The molecule has 0 unspecified atom stereocenters. The molecule has 0 saturated heterocycles. The monoisotopic (exact) mass is 372 g/mol. The van der Waals surface area contributed by atoms with Gasteiger partial charge in [-0.25, -0.2) is 0 Å². The number of aromatic amines is 1. The van der Waals surface area contributed by atoms with Crippen LogP contribution in [0, 0.1) is 0 Å². The van der Waals surface area contributed by atoms with Crippen molar-refractivity contribution in [2.75, 3.05) is 5.32 Å². The number of hydrogen-bond acceptors (Lipinski definition) is 2. The number of nitrogens with one attached hydrogen (secondary N) is 2. The molecule has 1 heterocycles. The quantitative estimate of drug-likeness (QED) is 0.722. The van der Waals surface area contributed by atoms with Crippen LogP contribution in [-0.2, 0) is 11.0 Å². The summed E-state index contributed by atoms with van der Waals surface area (Å²) in [5.41, 5.74) is -0.995. The van der Waals surface area contributed by atoms with E-state index in [9.17, 15) is 22.8 Å². The van der Waals surface area contributed by atoms with Gasteiger partial charge in [-0.3, -0.25) is 9.59 Å². The summed E-state index contributed by atoms with van der Waals surface area (Å²) in [5, 5.41) is 2.34. The topological polar surface area (TPSA) is 62.0 Å². The van der Waals surface area contributed by atoms with Crippen molar-refractivity contribution < 1.29 is 18.0 Å². The summed E-state index contributed by atoms with van der Waals surface area (Å²) < 4.78 is 38.7. The maximum Gasteiger partial charge on any atom is 0.417 e. The lowest BCUT2D eigenvalue weighted by molar-refractivity contribution is -0.137.